The Balaban J connectivity index is 1.72. The number of hydrogen-bond acceptors (Lipinski definition) is 3. The summed E-state index contributed by atoms with van der Waals surface area (Å²) in [7, 11) is -3.37. The van der Waals surface area contributed by atoms with E-state index in [2.05, 4.69) is 16.9 Å². The van der Waals surface area contributed by atoms with Crippen LogP contribution in [0.4, 0.5) is 0 Å². The highest BCUT2D eigenvalue weighted by Crippen LogP contribution is 2.50. The third-order valence-electron chi connectivity index (χ3n) is 6.16. The third-order valence-corrected chi connectivity index (χ3v) is 7.79. The molecule has 3 atom stereocenters. The van der Waals surface area contributed by atoms with Crippen LogP contribution in [0.25, 0.3) is 0 Å². The lowest BCUT2D eigenvalue weighted by Crippen LogP contribution is -2.52. The zero-order valence-corrected chi connectivity index (χ0v) is 14.8. The van der Waals surface area contributed by atoms with Gasteiger partial charge in [0.2, 0.25) is 0 Å². The van der Waals surface area contributed by atoms with E-state index in [1.54, 1.807) is 4.31 Å². The Kier molecular flexibility index (Phi) is 3.72. The second kappa shape index (κ2) is 5.55. The number of nitriles is 1. The van der Waals surface area contributed by atoms with Gasteiger partial charge in [0.05, 0.1) is 17.2 Å². The molecule has 3 aliphatic rings. The number of rotatable bonds is 2. The highest BCUT2D eigenvalue weighted by Gasteiger charge is 2.59. The second-order valence-corrected chi connectivity index (χ2v) is 9.13. The number of hydrogen-bond donors (Lipinski definition) is 1. The van der Waals surface area contributed by atoms with Gasteiger partial charge < -0.3 is 0 Å². The summed E-state index contributed by atoms with van der Waals surface area (Å²) in [6.45, 7) is 3.20. The molecule has 0 radical (unpaired) electrons. The molecule has 3 unspecified atom stereocenters. The molecule has 1 saturated heterocycles. The van der Waals surface area contributed by atoms with Gasteiger partial charge in [-0.3, -0.25) is 0 Å². The molecule has 5 nitrogen and oxygen atoms in total. The van der Waals surface area contributed by atoms with Gasteiger partial charge in [0.25, 0.3) is 10.2 Å². The Hall–Kier alpha value is -1.42. The van der Waals surface area contributed by atoms with E-state index in [4.69, 9.17) is 5.26 Å². The molecule has 1 aromatic rings. The topological polar surface area (TPSA) is 73.2 Å². The van der Waals surface area contributed by atoms with Crippen LogP contribution in [-0.4, -0.2) is 31.4 Å². The van der Waals surface area contributed by atoms with Gasteiger partial charge in [-0.15, -0.1) is 0 Å². The summed E-state index contributed by atoms with van der Waals surface area (Å²) in [5, 5.41) is 9.16. The summed E-state index contributed by atoms with van der Waals surface area (Å²) >= 11 is 0. The monoisotopic (exact) mass is 345 g/mol. The number of fused-ring (bicyclic) bond motifs is 1. The van der Waals surface area contributed by atoms with Crippen LogP contribution in [0, 0.1) is 23.2 Å². The van der Waals surface area contributed by atoms with Gasteiger partial charge in [-0.25, -0.2) is 0 Å². The molecular weight excluding hydrogens is 322 g/mol. The first-order valence-corrected chi connectivity index (χ1v) is 10.2. The van der Waals surface area contributed by atoms with E-state index < -0.39 is 10.2 Å². The summed E-state index contributed by atoms with van der Waals surface area (Å²) in [5.74, 6) is 0.655. The number of benzene rings is 1. The van der Waals surface area contributed by atoms with Gasteiger partial charge in [-0.05, 0) is 67.2 Å². The Labute approximate surface area is 143 Å². The van der Waals surface area contributed by atoms with E-state index in [0.717, 1.165) is 32.1 Å². The molecule has 1 N–H and O–H groups in total. The Morgan fingerprint density at radius 1 is 1.29 bits per heavy atom. The van der Waals surface area contributed by atoms with Crippen molar-refractivity contribution in [3.8, 4) is 6.07 Å². The van der Waals surface area contributed by atoms with E-state index in [9.17, 15) is 8.42 Å². The van der Waals surface area contributed by atoms with Gasteiger partial charge in [0.1, 0.15) is 0 Å². The van der Waals surface area contributed by atoms with Crippen LogP contribution in [0.3, 0.4) is 0 Å². The third kappa shape index (κ3) is 2.30. The van der Waals surface area contributed by atoms with Gasteiger partial charge in [0, 0.05) is 13.1 Å². The SMILES string of the molecule is CCCN1CC2(NS1(=O)=O)C1CCC2Cc2cc(C#N)ccc2C1. The van der Waals surface area contributed by atoms with Gasteiger partial charge in [0.15, 0.2) is 0 Å². The maximum Gasteiger partial charge on any atom is 0.280 e. The number of nitrogens with zero attached hydrogens (tertiary/aromatic N) is 2. The molecule has 2 fully saturated rings. The largest absolute Gasteiger partial charge is 0.280 e. The number of nitrogens with one attached hydrogen (secondary N) is 1. The molecule has 1 saturated carbocycles. The molecule has 0 amide bonds. The molecule has 6 heteroatoms. The Bertz CT molecular complexity index is 814. The quantitative estimate of drug-likeness (QED) is 0.891. The Morgan fingerprint density at radius 2 is 2.00 bits per heavy atom. The van der Waals surface area contributed by atoms with E-state index in [1.807, 2.05) is 19.1 Å². The van der Waals surface area contributed by atoms with Crippen molar-refractivity contribution >= 4 is 10.2 Å². The van der Waals surface area contributed by atoms with Crippen LogP contribution >= 0.6 is 0 Å². The van der Waals surface area contributed by atoms with Crippen molar-refractivity contribution in [2.75, 3.05) is 13.1 Å². The minimum absolute atomic E-state index is 0.314. The summed E-state index contributed by atoms with van der Waals surface area (Å²) in [5.41, 5.74) is 2.88. The van der Waals surface area contributed by atoms with Crippen LogP contribution < -0.4 is 4.72 Å². The smallest absolute Gasteiger partial charge is 0.195 e. The lowest BCUT2D eigenvalue weighted by Gasteiger charge is -2.33. The molecule has 4 rings (SSSR count). The molecule has 2 bridgehead atoms. The first-order chi connectivity index (χ1) is 11.5. The molecule has 24 heavy (non-hydrogen) atoms. The highest BCUT2D eigenvalue weighted by atomic mass is 32.2. The molecule has 1 heterocycles. The fourth-order valence-electron chi connectivity index (χ4n) is 5.02. The Morgan fingerprint density at radius 3 is 2.67 bits per heavy atom. The van der Waals surface area contributed by atoms with Crippen molar-refractivity contribution in [2.45, 2.75) is 44.6 Å². The minimum Gasteiger partial charge on any atom is -0.195 e. The predicted molar refractivity (Wildman–Crippen MR) is 91.4 cm³/mol. The lowest BCUT2D eigenvalue weighted by molar-refractivity contribution is 0.213. The summed E-state index contributed by atoms with van der Waals surface area (Å²) in [4.78, 5) is 0. The highest BCUT2D eigenvalue weighted by molar-refractivity contribution is 7.87. The van der Waals surface area contributed by atoms with Crippen molar-refractivity contribution in [1.29, 1.82) is 5.26 Å². The average Bonchev–Trinajstić information content (AvgIpc) is 2.93. The van der Waals surface area contributed by atoms with Crippen LogP contribution in [0.5, 0.6) is 0 Å². The predicted octanol–water partition coefficient (Wildman–Crippen LogP) is 1.98. The van der Waals surface area contributed by atoms with Crippen LogP contribution in [0.1, 0.15) is 42.9 Å². The molecular formula is C18H23N3O2S. The van der Waals surface area contributed by atoms with E-state index in [-0.39, 0.29) is 5.54 Å². The molecule has 1 aromatic carbocycles. The van der Waals surface area contributed by atoms with Crippen molar-refractivity contribution < 1.29 is 8.42 Å². The van der Waals surface area contributed by atoms with Crippen molar-refractivity contribution in [3.05, 3.63) is 34.9 Å². The van der Waals surface area contributed by atoms with E-state index in [0.29, 0.717) is 30.5 Å². The van der Waals surface area contributed by atoms with E-state index in [1.165, 1.54) is 11.1 Å². The average molecular weight is 345 g/mol. The van der Waals surface area contributed by atoms with Gasteiger partial charge >= 0.3 is 0 Å². The summed E-state index contributed by atoms with van der Waals surface area (Å²) in [6.07, 6.45) is 4.73. The van der Waals surface area contributed by atoms with Crippen molar-refractivity contribution in [1.82, 2.24) is 9.03 Å². The maximum atomic E-state index is 12.6. The van der Waals surface area contributed by atoms with Crippen LogP contribution in [-0.2, 0) is 23.1 Å². The van der Waals surface area contributed by atoms with Crippen LogP contribution in [0.2, 0.25) is 0 Å². The molecule has 128 valence electrons. The normalized spacial score (nSPS) is 34.0. The van der Waals surface area contributed by atoms with Gasteiger partial charge in [-0.2, -0.15) is 22.7 Å². The van der Waals surface area contributed by atoms with Crippen LogP contribution in [0.15, 0.2) is 18.2 Å². The first-order valence-electron chi connectivity index (χ1n) is 8.79. The maximum absolute atomic E-state index is 12.6. The minimum atomic E-state index is -3.37. The van der Waals surface area contributed by atoms with Gasteiger partial charge in [-0.1, -0.05) is 13.0 Å². The van der Waals surface area contributed by atoms with E-state index >= 15 is 0 Å². The fraction of sp³-hybridized carbons (Fsp3) is 0.611. The standard InChI is InChI=1S/C18H23N3O2S/c1-2-7-21-12-18(20-24(21,22)23)16-5-6-17(18)10-15-8-13(11-19)3-4-14(15)9-16/h3-4,8,16-17,20H,2,5-7,9-10,12H2,1H3. The first kappa shape index (κ1) is 16.1. The van der Waals surface area contributed by atoms with Crippen molar-refractivity contribution in [3.63, 3.8) is 0 Å². The second-order valence-electron chi connectivity index (χ2n) is 7.46. The zero-order chi connectivity index (χ0) is 16.9. The lowest BCUT2D eigenvalue weighted by atomic mass is 9.79. The molecule has 1 spiro atoms. The molecule has 2 aliphatic carbocycles. The van der Waals surface area contributed by atoms with Crippen molar-refractivity contribution in [2.24, 2.45) is 11.8 Å². The molecule has 0 aromatic heterocycles. The molecule has 1 aliphatic heterocycles. The summed E-state index contributed by atoms with van der Waals surface area (Å²) < 4.78 is 29.9. The fourth-order valence-corrected chi connectivity index (χ4v) is 6.84. The summed E-state index contributed by atoms with van der Waals surface area (Å²) in [6, 6.07) is 8.16. The zero-order valence-electron chi connectivity index (χ0n) is 14.0.